The molecule has 0 aliphatic carbocycles. The lowest BCUT2D eigenvalue weighted by atomic mass is 10.0. The van der Waals surface area contributed by atoms with Gasteiger partial charge in [0.05, 0.1) is 16.2 Å². The Morgan fingerprint density at radius 3 is 3.23 bits per heavy atom. The molecule has 112 valence electrons. The molecule has 22 heavy (non-hydrogen) atoms. The van der Waals surface area contributed by atoms with E-state index in [1.54, 1.807) is 10.7 Å². The second-order valence-corrected chi connectivity index (χ2v) is 7.39. The van der Waals surface area contributed by atoms with Crippen LogP contribution in [0.3, 0.4) is 0 Å². The number of rotatable bonds is 2. The summed E-state index contributed by atoms with van der Waals surface area (Å²) in [5.74, 6) is 0. The lowest BCUT2D eigenvalue weighted by Crippen LogP contribution is -2.31. The smallest absolute Gasteiger partial charge is 0.155 e. The van der Waals surface area contributed by atoms with Crippen LogP contribution in [0.2, 0.25) is 0 Å². The molecule has 0 bridgehead atoms. The molecule has 3 aromatic heterocycles. The summed E-state index contributed by atoms with van der Waals surface area (Å²) in [7, 11) is 0. The topological polar surface area (TPSA) is 33.4 Å². The summed E-state index contributed by atoms with van der Waals surface area (Å²) in [5, 5.41) is 6.79. The first kappa shape index (κ1) is 14.0. The average molecular weight is 375 g/mol. The van der Waals surface area contributed by atoms with Crippen molar-refractivity contribution in [2.45, 2.75) is 19.4 Å². The first-order valence-corrected chi connectivity index (χ1v) is 8.84. The van der Waals surface area contributed by atoms with Crippen molar-refractivity contribution in [3.05, 3.63) is 57.1 Å². The van der Waals surface area contributed by atoms with Crippen LogP contribution in [0.15, 0.2) is 41.0 Å². The molecule has 6 heteroatoms. The number of nitrogens with zero attached hydrogens (tertiary/aromatic N) is 4. The molecule has 0 unspecified atom stereocenters. The van der Waals surface area contributed by atoms with E-state index in [1.165, 1.54) is 10.4 Å². The third-order valence-corrected chi connectivity index (χ3v) is 5.61. The van der Waals surface area contributed by atoms with Crippen LogP contribution in [0.4, 0.5) is 0 Å². The largest absolute Gasteiger partial charge is 0.363 e. The van der Waals surface area contributed by atoms with Gasteiger partial charge in [-0.1, -0.05) is 6.58 Å². The van der Waals surface area contributed by atoms with Crippen LogP contribution in [0.1, 0.15) is 29.1 Å². The third kappa shape index (κ3) is 2.18. The van der Waals surface area contributed by atoms with E-state index in [9.17, 15) is 0 Å². The van der Waals surface area contributed by atoms with E-state index >= 15 is 0 Å². The van der Waals surface area contributed by atoms with Crippen molar-refractivity contribution in [1.82, 2.24) is 19.5 Å². The maximum absolute atomic E-state index is 4.61. The normalized spacial score (nSPS) is 17.7. The van der Waals surface area contributed by atoms with Gasteiger partial charge in [0.25, 0.3) is 0 Å². The number of hydrogen-bond acceptors (Lipinski definition) is 4. The third-order valence-electron chi connectivity index (χ3n) is 4.20. The number of aromatic nitrogens is 3. The number of fused-ring (bicyclic) bond motifs is 2. The van der Waals surface area contributed by atoms with E-state index in [1.807, 2.05) is 23.6 Å². The van der Waals surface area contributed by atoms with Crippen LogP contribution in [-0.2, 0) is 6.42 Å². The molecule has 1 aliphatic rings. The van der Waals surface area contributed by atoms with Crippen molar-refractivity contribution in [2.24, 2.45) is 0 Å². The van der Waals surface area contributed by atoms with E-state index in [-0.39, 0.29) is 0 Å². The number of halogens is 1. The fourth-order valence-electron chi connectivity index (χ4n) is 3.02. The minimum Gasteiger partial charge on any atom is -0.363 e. The Hall–Kier alpha value is -1.66. The fraction of sp³-hybridized carbons (Fsp3) is 0.250. The molecule has 1 aliphatic heterocycles. The van der Waals surface area contributed by atoms with Crippen molar-refractivity contribution < 1.29 is 0 Å². The highest BCUT2D eigenvalue weighted by Gasteiger charge is 2.27. The van der Waals surface area contributed by atoms with Crippen molar-refractivity contribution in [3.63, 3.8) is 0 Å². The van der Waals surface area contributed by atoms with Gasteiger partial charge >= 0.3 is 0 Å². The molecule has 0 aromatic carbocycles. The molecule has 0 saturated heterocycles. The summed E-state index contributed by atoms with van der Waals surface area (Å²) in [4.78, 5) is 8.21. The maximum Gasteiger partial charge on any atom is 0.155 e. The van der Waals surface area contributed by atoms with Gasteiger partial charge in [0.15, 0.2) is 5.65 Å². The molecule has 1 atom stereocenters. The maximum atomic E-state index is 4.61. The second kappa shape index (κ2) is 5.21. The van der Waals surface area contributed by atoms with Gasteiger partial charge < -0.3 is 4.90 Å². The molecule has 0 saturated carbocycles. The summed E-state index contributed by atoms with van der Waals surface area (Å²) >= 11 is 5.28. The standard InChI is InChI=1S/C16H15BrN4S/c1-10-13-4-6-22-15(13)3-5-20(10)11(2)14-7-16-18-8-12(17)9-21(16)19-14/h4,6-10H,2-3,5H2,1H3/t10-/m0/s1. The van der Waals surface area contributed by atoms with Crippen molar-refractivity contribution >= 4 is 38.6 Å². The van der Waals surface area contributed by atoms with Gasteiger partial charge in [0.1, 0.15) is 5.69 Å². The molecule has 4 nitrogen and oxygen atoms in total. The van der Waals surface area contributed by atoms with Gasteiger partial charge in [-0.15, -0.1) is 11.3 Å². The molecular formula is C16H15BrN4S. The molecule has 0 radical (unpaired) electrons. The zero-order valence-corrected chi connectivity index (χ0v) is 14.6. The molecule has 4 heterocycles. The van der Waals surface area contributed by atoms with E-state index < -0.39 is 0 Å². The number of hydrogen-bond donors (Lipinski definition) is 0. The molecule has 0 amide bonds. The highest BCUT2D eigenvalue weighted by molar-refractivity contribution is 9.10. The van der Waals surface area contributed by atoms with Gasteiger partial charge in [0, 0.05) is 29.9 Å². The van der Waals surface area contributed by atoms with E-state index in [0.29, 0.717) is 6.04 Å². The minimum atomic E-state index is 0.340. The molecule has 0 spiro atoms. The van der Waals surface area contributed by atoms with Crippen molar-refractivity contribution in [1.29, 1.82) is 0 Å². The van der Waals surface area contributed by atoms with E-state index in [2.05, 4.69) is 55.9 Å². The van der Waals surface area contributed by atoms with Gasteiger partial charge in [0.2, 0.25) is 0 Å². The Balaban J connectivity index is 1.68. The predicted molar refractivity (Wildman–Crippen MR) is 92.9 cm³/mol. The summed E-state index contributed by atoms with van der Waals surface area (Å²) in [6, 6.07) is 4.56. The van der Waals surface area contributed by atoms with Gasteiger partial charge in [-0.25, -0.2) is 9.50 Å². The molecule has 0 fully saturated rings. The summed E-state index contributed by atoms with van der Waals surface area (Å²) in [6.07, 6.45) is 4.77. The van der Waals surface area contributed by atoms with Gasteiger partial charge in [-0.3, -0.25) is 0 Å². The van der Waals surface area contributed by atoms with Gasteiger partial charge in [-0.2, -0.15) is 5.10 Å². The lowest BCUT2D eigenvalue weighted by Gasteiger charge is -2.36. The van der Waals surface area contributed by atoms with E-state index in [4.69, 9.17) is 0 Å². The second-order valence-electron chi connectivity index (χ2n) is 5.47. The molecule has 4 rings (SSSR count). The van der Waals surface area contributed by atoms with Crippen molar-refractivity contribution in [3.8, 4) is 0 Å². The van der Waals surface area contributed by atoms with Crippen LogP contribution in [-0.4, -0.2) is 26.0 Å². The summed E-state index contributed by atoms with van der Waals surface area (Å²) in [5.41, 5.74) is 4.10. The highest BCUT2D eigenvalue weighted by atomic mass is 79.9. The highest BCUT2D eigenvalue weighted by Crippen LogP contribution is 2.36. The Morgan fingerprint density at radius 1 is 1.50 bits per heavy atom. The Morgan fingerprint density at radius 2 is 2.36 bits per heavy atom. The van der Waals surface area contributed by atoms with Crippen LogP contribution in [0.5, 0.6) is 0 Å². The zero-order valence-electron chi connectivity index (χ0n) is 12.2. The monoisotopic (exact) mass is 374 g/mol. The fourth-order valence-corrected chi connectivity index (χ4v) is 4.28. The van der Waals surface area contributed by atoms with Crippen molar-refractivity contribution in [2.75, 3.05) is 6.54 Å². The predicted octanol–water partition coefficient (Wildman–Crippen LogP) is 4.14. The molecule has 0 N–H and O–H groups in total. The molecular weight excluding hydrogens is 360 g/mol. The SMILES string of the molecule is C=C(c1cc2ncc(Br)cn2n1)N1CCc2sccc2[C@@H]1C. The Bertz CT molecular complexity index is 866. The van der Waals surface area contributed by atoms with Crippen LogP contribution in [0, 0.1) is 0 Å². The average Bonchev–Trinajstić information content (AvgIpc) is 3.12. The number of thiophene rings is 1. The van der Waals surface area contributed by atoms with Crippen LogP contribution >= 0.6 is 27.3 Å². The lowest BCUT2D eigenvalue weighted by molar-refractivity contribution is 0.303. The Kier molecular flexibility index (Phi) is 3.31. The first-order valence-electron chi connectivity index (χ1n) is 7.16. The quantitative estimate of drug-likeness (QED) is 0.675. The first-order chi connectivity index (χ1) is 10.6. The summed E-state index contributed by atoms with van der Waals surface area (Å²) < 4.78 is 2.70. The zero-order chi connectivity index (χ0) is 15.3. The minimum absolute atomic E-state index is 0.340. The summed E-state index contributed by atoms with van der Waals surface area (Å²) in [6.45, 7) is 7.51. The van der Waals surface area contributed by atoms with Gasteiger partial charge in [-0.05, 0) is 46.3 Å². The van der Waals surface area contributed by atoms with Crippen LogP contribution in [0.25, 0.3) is 11.3 Å². The van der Waals surface area contributed by atoms with Crippen LogP contribution < -0.4 is 0 Å². The van der Waals surface area contributed by atoms with E-state index in [0.717, 1.165) is 34.5 Å². The molecule has 3 aromatic rings. The Labute approximate surface area is 141 Å².